The van der Waals surface area contributed by atoms with E-state index < -0.39 is 35.0 Å². The predicted molar refractivity (Wildman–Crippen MR) is 52.1 cm³/mol. The topological polar surface area (TPSA) is 89.4 Å². The van der Waals surface area contributed by atoms with Crippen LogP contribution in [0.25, 0.3) is 0 Å². The molecule has 0 aliphatic carbocycles. The molecule has 5 nitrogen and oxygen atoms in total. The van der Waals surface area contributed by atoms with Gasteiger partial charge in [-0.3, -0.25) is 10.1 Å². The van der Waals surface area contributed by atoms with E-state index in [1.807, 2.05) is 0 Å². The van der Waals surface area contributed by atoms with Gasteiger partial charge in [0.2, 0.25) is 0 Å². The fourth-order valence-electron chi connectivity index (χ4n) is 1.33. The van der Waals surface area contributed by atoms with Gasteiger partial charge in [-0.1, -0.05) is 0 Å². The molecule has 0 radical (unpaired) electrons. The number of aliphatic hydroxyl groups excluding tert-OH is 1. The van der Waals surface area contributed by atoms with Crippen LogP contribution < -0.4 is 5.73 Å². The van der Waals surface area contributed by atoms with Gasteiger partial charge in [0.1, 0.15) is 0 Å². The molecule has 0 unspecified atom stereocenters. The Hall–Kier alpha value is -1.67. The lowest BCUT2D eigenvalue weighted by Gasteiger charge is -2.16. The molecule has 1 aromatic carbocycles. The molecule has 3 N–H and O–H groups in total. The first-order chi connectivity index (χ1) is 7.77. The Kier molecular flexibility index (Phi) is 3.69. The molecule has 0 spiro atoms. The van der Waals surface area contributed by atoms with Gasteiger partial charge in [-0.05, 0) is 11.6 Å². The third-order valence-corrected chi connectivity index (χ3v) is 2.15. The maximum Gasteiger partial charge on any atom is 0.416 e. The van der Waals surface area contributed by atoms with Crippen LogP contribution in [0.4, 0.5) is 18.9 Å². The van der Waals surface area contributed by atoms with Crippen molar-refractivity contribution in [1.29, 1.82) is 0 Å². The Bertz CT molecular complexity index is 434. The van der Waals surface area contributed by atoms with Crippen LogP contribution in [0.5, 0.6) is 0 Å². The Morgan fingerprint density at radius 3 is 2.47 bits per heavy atom. The summed E-state index contributed by atoms with van der Waals surface area (Å²) in [6.07, 6.45) is -4.76. The van der Waals surface area contributed by atoms with Gasteiger partial charge < -0.3 is 10.8 Å². The molecule has 0 aromatic heterocycles. The number of non-ortho nitro benzene ring substituents is 1. The molecule has 1 atom stereocenters. The van der Waals surface area contributed by atoms with E-state index in [4.69, 9.17) is 10.8 Å². The van der Waals surface area contributed by atoms with Gasteiger partial charge in [-0.2, -0.15) is 13.2 Å². The molecule has 0 saturated heterocycles. The number of aliphatic hydroxyl groups is 1. The lowest BCUT2D eigenvalue weighted by Crippen LogP contribution is -2.20. The second-order valence-electron chi connectivity index (χ2n) is 3.32. The number of nitro benzene ring substituents is 1. The van der Waals surface area contributed by atoms with Gasteiger partial charge in [0.05, 0.1) is 23.1 Å². The lowest BCUT2D eigenvalue weighted by atomic mass is 10.00. The van der Waals surface area contributed by atoms with E-state index in [1.54, 1.807) is 0 Å². The lowest BCUT2D eigenvalue weighted by molar-refractivity contribution is -0.385. The maximum atomic E-state index is 12.6. The molecule has 0 saturated carbocycles. The van der Waals surface area contributed by atoms with E-state index in [2.05, 4.69) is 0 Å². The molecular weight excluding hydrogens is 241 g/mol. The molecule has 0 fully saturated rings. The highest BCUT2D eigenvalue weighted by Gasteiger charge is 2.36. The van der Waals surface area contributed by atoms with Crippen LogP contribution in [0, 0.1) is 10.1 Å². The average Bonchev–Trinajstić information content (AvgIpc) is 2.26. The quantitative estimate of drug-likeness (QED) is 0.629. The van der Waals surface area contributed by atoms with Crippen molar-refractivity contribution in [2.75, 3.05) is 6.61 Å². The fourth-order valence-corrected chi connectivity index (χ4v) is 1.33. The molecule has 1 rings (SSSR count). The van der Waals surface area contributed by atoms with Crippen LogP contribution in [0.2, 0.25) is 0 Å². The van der Waals surface area contributed by atoms with Crippen LogP contribution in [-0.4, -0.2) is 16.6 Å². The Balaban J connectivity index is 3.37. The third-order valence-electron chi connectivity index (χ3n) is 2.15. The number of nitrogens with zero attached hydrogens (tertiary/aromatic N) is 1. The molecule has 1 aromatic rings. The van der Waals surface area contributed by atoms with Crippen LogP contribution in [0.15, 0.2) is 18.2 Å². The number of nitro groups is 1. The van der Waals surface area contributed by atoms with Crippen LogP contribution >= 0.6 is 0 Å². The van der Waals surface area contributed by atoms with E-state index in [9.17, 15) is 23.3 Å². The van der Waals surface area contributed by atoms with E-state index in [0.717, 1.165) is 12.1 Å². The number of halogens is 3. The van der Waals surface area contributed by atoms with Gasteiger partial charge in [-0.15, -0.1) is 0 Å². The second kappa shape index (κ2) is 4.68. The van der Waals surface area contributed by atoms with Crippen molar-refractivity contribution in [1.82, 2.24) is 0 Å². The second-order valence-corrected chi connectivity index (χ2v) is 3.32. The number of hydrogen-bond donors (Lipinski definition) is 2. The van der Waals surface area contributed by atoms with Crippen molar-refractivity contribution in [3.8, 4) is 0 Å². The summed E-state index contributed by atoms with van der Waals surface area (Å²) in [6, 6.07) is 1.000. The highest BCUT2D eigenvalue weighted by molar-refractivity contribution is 5.42. The largest absolute Gasteiger partial charge is 0.416 e. The molecule has 0 aliphatic heterocycles. The summed E-state index contributed by atoms with van der Waals surface area (Å²) in [5, 5.41) is 19.1. The highest BCUT2D eigenvalue weighted by atomic mass is 19.4. The van der Waals surface area contributed by atoms with Crippen molar-refractivity contribution in [2.45, 2.75) is 12.2 Å². The molecule has 0 bridgehead atoms. The molecule has 0 aliphatic rings. The van der Waals surface area contributed by atoms with Crippen molar-refractivity contribution in [2.24, 2.45) is 5.73 Å². The standard InChI is InChI=1S/C9H9F3N2O3/c10-9(11,12)7-3-5(14(16)17)1-2-6(7)8(13)4-15/h1-3,8,15H,4,13H2/t8-/m1/s1. The molecule has 94 valence electrons. The van der Waals surface area contributed by atoms with Gasteiger partial charge in [0.25, 0.3) is 5.69 Å². The number of alkyl halides is 3. The van der Waals surface area contributed by atoms with Gasteiger partial charge in [0.15, 0.2) is 0 Å². The monoisotopic (exact) mass is 250 g/mol. The Morgan fingerprint density at radius 1 is 1.47 bits per heavy atom. The number of rotatable bonds is 3. The number of hydrogen-bond acceptors (Lipinski definition) is 4. The van der Waals surface area contributed by atoms with E-state index in [1.165, 1.54) is 0 Å². The fraction of sp³-hybridized carbons (Fsp3) is 0.333. The average molecular weight is 250 g/mol. The summed E-state index contributed by atoms with van der Waals surface area (Å²) in [6.45, 7) is -0.680. The minimum absolute atomic E-state index is 0.370. The summed E-state index contributed by atoms with van der Waals surface area (Å²) in [4.78, 5) is 9.46. The third kappa shape index (κ3) is 2.92. The first-order valence-electron chi connectivity index (χ1n) is 4.49. The van der Waals surface area contributed by atoms with Crippen molar-refractivity contribution in [3.63, 3.8) is 0 Å². The summed E-state index contributed by atoms with van der Waals surface area (Å²) < 4.78 is 37.9. The highest BCUT2D eigenvalue weighted by Crippen LogP contribution is 2.36. The maximum absolute atomic E-state index is 12.6. The SMILES string of the molecule is N[C@H](CO)c1ccc([N+](=O)[O-])cc1C(F)(F)F. The zero-order valence-corrected chi connectivity index (χ0v) is 8.44. The van der Waals surface area contributed by atoms with Gasteiger partial charge >= 0.3 is 6.18 Å². The Labute approximate surface area is 93.8 Å². The summed E-state index contributed by atoms with van der Waals surface area (Å²) in [5.74, 6) is 0. The molecule has 8 heteroatoms. The smallest absolute Gasteiger partial charge is 0.394 e. The van der Waals surface area contributed by atoms with Crippen molar-refractivity contribution < 1.29 is 23.2 Å². The predicted octanol–water partition coefficient (Wildman–Crippen LogP) is 1.61. The van der Waals surface area contributed by atoms with Gasteiger partial charge in [0, 0.05) is 12.1 Å². The number of nitrogens with two attached hydrogens (primary N) is 1. The van der Waals surface area contributed by atoms with Crippen molar-refractivity contribution in [3.05, 3.63) is 39.4 Å². The summed E-state index contributed by atoms with van der Waals surface area (Å²) >= 11 is 0. The van der Waals surface area contributed by atoms with Crippen LogP contribution in [0.3, 0.4) is 0 Å². The first kappa shape index (κ1) is 13.4. The van der Waals surface area contributed by atoms with Crippen molar-refractivity contribution >= 4 is 5.69 Å². The molecular formula is C9H9F3N2O3. The molecule has 17 heavy (non-hydrogen) atoms. The van der Waals surface area contributed by atoms with E-state index >= 15 is 0 Å². The van der Waals surface area contributed by atoms with Crippen LogP contribution in [0.1, 0.15) is 17.2 Å². The van der Waals surface area contributed by atoms with E-state index in [0.29, 0.717) is 6.07 Å². The van der Waals surface area contributed by atoms with E-state index in [-0.39, 0.29) is 5.56 Å². The summed E-state index contributed by atoms with van der Waals surface area (Å²) in [5.41, 5.74) is 3.05. The van der Waals surface area contributed by atoms with Gasteiger partial charge in [-0.25, -0.2) is 0 Å². The zero-order chi connectivity index (χ0) is 13.2. The summed E-state index contributed by atoms with van der Waals surface area (Å²) in [7, 11) is 0. The van der Waals surface area contributed by atoms with Crippen LogP contribution in [-0.2, 0) is 6.18 Å². The first-order valence-corrected chi connectivity index (χ1v) is 4.49. The molecule has 0 amide bonds. The Morgan fingerprint density at radius 2 is 2.06 bits per heavy atom. The minimum Gasteiger partial charge on any atom is -0.394 e. The molecule has 0 heterocycles. The normalized spacial score (nSPS) is 13.5. The zero-order valence-electron chi connectivity index (χ0n) is 8.44. The number of benzene rings is 1. The minimum atomic E-state index is -4.76.